The van der Waals surface area contributed by atoms with Crippen LogP contribution in [0.3, 0.4) is 0 Å². The largest absolute Gasteiger partial charge is 1.00 e. The third-order valence-corrected chi connectivity index (χ3v) is 6.40. The van der Waals surface area contributed by atoms with Crippen LogP contribution in [0.5, 0.6) is 0 Å². The van der Waals surface area contributed by atoms with Crippen LogP contribution in [0.25, 0.3) is 0 Å². The minimum absolute atomic E-state index is 0. The van der Waals surface area contributed by atoms with Gasteiger partial charge in [-0.15, -0.1) is 0 Å². The first kappa shape index (κ1) is 49.3. The van der Waals surface area contributed by atoms with Gasteiger partial charge in [-0.2, -0.15) is 0 Å². The van der Waals surface area contributed by atoms with Crippen molar-refractivity contribution >= 4 is 17.7 Å². The molecule has 5 nitrogen and oxygen atoms in total. The first-order valence-electron chi connectivity index (χ1n) is 15.8. The van der Waals surface area contributed by atoms with Crippen molar-refractivity contribution in [3.05, 3.63) is 0 Å². The molecule has 0 bridgehead atoms. The molecule has 0 aromatic rings. The van der Waals surface area contributed by atoms with Crippen molar-refractivity contribution in [3.8, 4) is 0 Å². The van der Waals surface area contributed by atoms with E-state index in [-0.39, 0.29) is 71.2 Å². The van der Waals surface area contributed by atoms with E-state index < -0.39 is 11.9 Å². The van der Waals surface area contributed by atoms with Crippen LogP contribution in [-0.4, -0.2) is 24.2 Å². The minimum Gasteiger partial charge on any atom is -0.550 e. The molecule has 0 aliphatic carbocycles. The maximum atomic E-state index is 10.4. The van der Waals surface area contributed by atoms with E-state index in [1.165, 1.54) is 142 Å². The minimum atomic E-state index is -1.15. The fraction of sp³-hybridized carbons (Fsp3) is 0.906. The summed E-state index contributed by atoms with van der Waals surface area (Å²) in [5.41, 5.74) is 0.119. The molecule has 0 spiro atoms. The Morgan fingerprint density at radius 1 is 0.487 bits per heavy atom. The molecule has 0 aliphatic heterocycles. The summed E-state index contributed by atoms with van der Waals surface area (Å²) in [5, 5.41) is 19.7. The van der Waals surface area contributed by atoms with E-state index in [1.54, 1.807) is 0 Å². The van der Waals surface area contributed by atoms with Gasteiger partial charge in [0, 0.05) is 12.5 Å². The van der Waals surface area contributed by atoms with Gasteiger partial charge < -0.3 is 19.8 Å². The van der Waals surface area contributed by atoms with E-state index in [4.69, 9.17) is 0 Å². The number of carbonyl (C=O) groups is 2. The fourth-order valence-corrected chi connectivity index (χ4v) is 3.82. The summed E-state index contributed by atoms with van der Waals surface area (Å²) in [6, 6.07) is 0. The Bertz CT molecular complexity index is 493. The Morgan fingerprint density at radius 2 is 0.718 bits per heavy atom. The van der Waals surface area contributed by atoms with Gasteiger partial charge >= 0.3 is 59.1 Å². The molecule has 0 fully saturated rings. The number of aliphatic imine (C=N–C) groups is 1. The summed E-state index contributed by atoms with van der Waals surface area (Å²) < 4.78 is 0. The second-order valence-electron chi connectivity index (χ2n) is 10.2. The number of unbranched alkanes of at least 4 members (excludes halogenated alkanes) is 20. The molecule has 0 atom stereocenters. The molecule has 0 radical (unpaired) electrons. The Hall–Kier alpha value is 0.610. The van der Waals surface area contributed by atoms with Crippen molar-refractivity contribution in [2.24, 2.45) is 4.99 Å². The van der Waals surface area contributed by atoms with Gasteiger partial charge in [0.25, 0.3) is 0 Å². The van der Waals surface area contributed by atoms with Gasteiger partial charge in [0.1, 0.15) is 0 Å². The van der Waals surface area contributed by atoms with Crippen molar-refractivity contribution < 1.29 is 78.9 Å². The molecular formula is C32H63NNa2O4. The Morgan fingerprint density at radius 3 is 0.923 bits per heavy atom. The standard InChI is InChI=1S/C17H33NO2.C12H26.C3H6O2.2Na/c1-3-4-5-6-7-8-9-10-11-12-13-14-15-18-16(2)17(19)20;1-3-5-7-9-11-12-10-8-6-4-2;1-2-3(4)5;;/h3-15H2,1-2H3,(H,19,20);3-12H2,1-2H3;2H2,1H3,(H,4,5);;/q;;;2*+1/p-2. The van der Waals surface area contributed by atoms with Gasteiger partial charge in [0.15, 0.2) is 0 Å². The molecule has 0 aromatic heterocycles. The monoisotopic (exact) mass is 571 g/mol. The second-order valence-corrected chi connectivity index (χ2v) is 10.2. The first-order valence-corrected chi connectivity index (χ1v) is 15.8. The fourth-order valence-electron chi connectivity index (χ4n) is 3.82. The first-order chi connectivity index (χ1) is 17.9. The zero-order valence-electron chi connectivity index (χ0n) is 27.6. The van der Waals surface area contributed by atoms with Crippen molar-refractivity contribution in [3.63, 3.8) is 0 Å². The van der Waals surface area contributed by atoms with Gasteiger partial charge in [-0.05, 0) is 19.8 Å². The molecule has 0 aromatic carbocycles. The van der Waals surface area contributed by atoms with Gasteiger partial charge in [0.2, 0.25) is 0 Å². The van der Waals surface area contributed by atoms with Crippen LogP contribution >= 0.6 is 0 Å². The number of rotatable bonds is 24. The summed E-state index contributed by atoms with van der Waals surface area (Å²) in [5.74, 6) is -2.14. The van der Waals surface area contributed by atoms with Gasteiger partial charge in [-0.1, -0.05) is 163 Å². The van der Waals surface area contributed by atoms with E-state index >= 15 is 0 Å². The number of aliphatic carboxylic acids is 2. The third kappa shape index (κ3) is 55.2. The van der Waals surface area contributed by atoms with Crippen molar-refractivity contribution in [1.29, 1.82) is 0 Å². The van der Waals surface area contributed by atoms with Gasteiger partial charge in [-0.3, -0.25) is 4.99 Å². The maximum Gasteiger partial charge on any atom is 1.00 e. The van der Waals surface area contributed by atoms with Gasteiger partial charge in [-0.25, -0.2) is 0 Å². The van der Waals surface area contributed by atoms with Crippen LogP contribution in [0.1, 0.15) is 182 Å². The zero-order valence-corrected chi connectivity index (χ0v) is 31.6. The quantitative estimate of drug-likeness (QED) is 0.101. The predicted octanol–water partition coefficient (Wildman–Crippen LogP) is 1.98. The summed E-state index contributed by atoms with van der Waals surface area (Å²) >= 11 is 0. The number of hydrogen-bond acceptors (Lipinski definition) is 5. The van der Waals surface area contributed by atoms with E-state index in [9.17, 15) is 19.8 Å². The smallest absolute Gasteiger partial charge is 0.550 e. The van der Waals surface area contributed by atoms with E-state index in [0.717, 1.165) is 12.8 Å². The maximum absolute atomic E-state index is 10.4. The van der Waals surface area contributed by atoms with Crippen LogP contribution in [0, 0.1) is 0 Å². The van der Waals surface area contributed by atoms with Crippen LogP contribution in [0.4, 0.5) is 0 Å². The molecule has 0 unspecified atom stereocenters. The molecule has 0 heterocycles. The third-order valence-electron chi connectivity index (χ3n) is 6.40. The molecule has 0 N–H and O–H groups in total. The normalized spacial score (nSPS) is 10.2. The molecule has 0 saturated heterocycles. The summed E-state index contributed by atoms with van der Waals surface area (Å²) in [4.78, 5) is 23.6. The average molecular weight is 572 g/mol. The van der Waals surface area contributed by atoms with Crippen LogP contribution < -0.4 is 69.3 Å². The van der Waals surface area contributed by atoms with Gasteiger partial charge in [0.05, 0.1) is 11.7 Å². The number of hydrogen-bond donors (Lipinski definition) is 0. The number of carboxylic acids is 2. The van der Waals surface area contributed by atoms with Crippen LogP contribution in [0.2, 0.25) is 0 Å². The molecule has 7 heteroatoms. The Kier molecular flexibility index (Phi) is 57.6. The molecular weight excluding hydrogens is 508 g/mol. The molecule has 222 valence electrons. The van der Waals surface area contributed by atoms with E-state index in [1.807, 2.05) is 0 Å². The molecule has 0 rings (SSSR count). The van der Waals surface area contributed by atoms with E-state index in [2.05, 4.69) is 25.8 Å². The topological polar surface area (TPSA) is 92.6 Å². The van der Waals surface area contributed by atoms with Crippen LogP contribution in [-0.2, 0) is 9.59 Å². The summed E-state index contributed by atoms with van der Waals surface area (Å²) in [6.07, 6.45) is 30.3. The summed E-state index contributed by atoms with van der Waals surface area (Å²) in [7, 11) is 0. The zero-order chi connectivity index (χ0) is 28.4. The van der Waals surface area contributed by atoms with E-state index in [0.29, 0.717) is 6.54 Å². The Labute approximate surface area is 288 Å². The number of carboxylic acid groups (broad SMARTS) is 2. The molecule has 0 aliphatic rings. The molecule has 0 saturated carbocycles. The van der Waals surface area contributed by atoms with Crippen molar-refractivity contribution in [2.45, 2.75) is 182 Å². The molecule has 0 amide bonds. The van der Waals surface area contributed by atoms with Crippen molar-refractivity contribution in [2.75, 3.05) is 6.54 Å². The number of carbonyl (C=O) groups excluding carboxylic acids is 2. The second kappa shape index (κ2) is 45.6. The SMILES string of the molecule is CCC(=O)[O-].CCCCCCCCCCCC.CCCCCCCCCCCCCCN=C(C)C(=O)[O-].[Na+].[Na+]. The predicted molar refractivity (Wildman–Crippen MR) is 157 cm³/mol. The number of nitrogens with zero attached hydrogens (tertiary/aromatic N) is 1. The van der Waals surface area contributed by atoms with Crippen molar-refractivity contribution in [1.82, 2.24) is 0 Å². The average Bonchev–Trinajstić information content (AvgIpc) is 2.89. The van der Waals surface area contributed by atoms with Crippen LogP contribution in [0.15, 0.2) is 4.99 Å². The molecule has 39 heavy (non-hydrogen) atoms. The summed E-state index contributed by atoms with van der Waals surface area (Å²) in [6.45, 7) is 10.5. The Balaban J connectivity index is -0.000000173.